The minimum Gasteiger partial charge on any atom is -0.395 e. The zero-order chi connectivity index (χ0) is 15.5. The lowest BCUT2D eigenvalue weighted by Crippen LogP contribution is -2.29. The molecule has 0 bridgehead atoms. The van der Waals surface area contributed by atoms with E-state index in [1.807, 2.05) is 30.3 Å². The molecule has 2 rings (SSSR count). The smallest absolute Gasteiger partial charge is 0.246 e. The van der Waals surface area contributed by atoms with Crippen LogP contribution in [0.2, 0.25) is 0 Å². The number of sulfonamides is 1. The van der Waals surface area contributed by atoms with Crippen LogP contribution in [0.1, 0.15) is 11.3 Å². The fraction of sp³-hybridized carbons (Fsp3) is 0.357. The van der Waals surface area contributed by atoms with Crippen LogP contribution in [-0.4, -0.2) is 47.8 Å². The van der Waals surface area contributed by atoms with E-state index in [4.69, 9.17) is 5.11 Å². The van der Waals surface area contributed by atoms with E-state index in [0.717, 1.165) is 9.87 Å². The van der Waals surface area contributed by atoms with Gasteiger partial charge in [-0.2, -0.15) is 9.40 Å². The maximum absolute atomic E-state index is 12.4. The molecule has 0 aliphatic rings. The summed E-state index contributed by atoms with van der Waals surface area (Å²) >= 11 is 0. The molecular weight excluding hydrogens is 290 g/mol. The molecule has 1 aromatic carbocycles. The molecule has 7 heteroatoms. The van der Waals surface area contributed by atoms with E-state index in [0.29, 0.717) is 12.2 Å². The summed E-state index contributed by atoms with van der Waals surface area (Å²) in [6.45, 7) is 2.03. The Morgan fingerprint density at radius 1 is 1.29 bits per heavy atom. The first-order valence-electron chi connectivity index (χ1n) is 6.60. The summed E-state index contributed by atoms with van der Waals surface area (Å²) in [6, 6.07) is 9.71. The molecule has 0 amide bonds. The molecule has 0 unspecified atom stereocenters. The summed E-state index contributed by atoms with van der Waals surface area (Å²) in [5.74, 6) is 0. The predicted octanol–water partition coefficient (Wildman–Crippen LogP) is 0.853. The Hall–Kier alpha value is -1.70. The minimum absolute atomic E-state index is 0.0611. The molecule has 1 aromatic heterocycles. The largest absolute Gasteiger partial charge is 0.395 e. The van der Waals surface area contributed by atoms with Crippen molar-refractivity contribution in [3.05, 3.63) is 47.8 Å². The number of nitrogens with zero attached hydrogens (tertiary/aromatic N) is 3. The molecule has 0 fully saturated rings. The molecule has 1 heterocycles. The Morgan fingerprint density at radius 3 is 2.57 bits per heavy atom. The summed E-state index contributed by atoms with van der Waals surface area (Å²) in [5.41, 5.74) is 1.50. The van der Waals surface area contributed by atoms with Gasteiger partial charge in [-0.15, -0.1) is 0 Å². The number of aliphatic hydroxyl groups is 1. The van der Waals surface area contributed by atoms with Crippen molar-refractivity contribution in [1.82, 2.24) is 14.1 Å². The second kappa shape index (κ2) is 6.38. The number of aliphatic hydroxyl groups excluding tert-OH is 1. The van der Waals surface area contributed by atoms with Gasteiger partial charge in [-0.25, -0.2) is 8.42 Å². The van der Waals surface area contributed by atoms with Crippen molar-refractivity contribution < 1.29 is 13.5 Å². The van der Waals surface area contributed by atoms with Crippen molar-refractivity contribution >= 4 is 10.0 Å². The monoisotopic (exact) mass is 309 g/mol. The third-order valence-electron chi connectivity index (χ3n) is 3.19. The van der Waals surface area contributed by atoms with Gasteiger partial charge in [-0.3, -0.25) is 4.68 Å². The van der Waals surface area contributed by atoms with E-state index in [9.17, 15) is 8.42 Å². The quantitative estimate of drug-likeness (QED) is 0.858. The summed E-state index contributed by atoms with van der Waals surface area (Å²) in [7, 11) is -2.17. The first-order chi connectivity index (χ1) is 9.95. The lowest BCUT2D eigenvalue weighted by molar-refractivity contribution is 0.266. The number of rotatable bonds is 6. The minimum atomic E-state index is -3.61. The van der Waals surface area contributed by atoms with Gasteiger partial charge in [-0.1, -0.05) is 30.3 Å². The average Bonchev–Trinajstić information content (AvgIpc) is 2.81. The van der Waals surface area contributed by atoms with Gasteiger partial charge in [0.1, 0.15) is 4.90 Å². The van der Waals surface area contributed by atoms with Gasteiger partial charge < -0.3 is 5.11 Å². The molecule has 0 radical (unpaired) electrons. The number of aromatic nitrogens is 2. The van der Waals surface area contributed by atoms with E-state index in [2.05, 4.69) is 5.10 Å². The second-order valence-electron chi connectivity index (χ2n) is 4.81. The van der Waals surface area contributed by atoms with E-state index >= 15 is 0 Å². The van der Waals surface area contributed by atoms with Gasteiger partial charge in [0.15, 0.2) is 0 Å². The topological polar surface area (TPSA) is 75.4 Å². The normalized spacial score (nSPS) is 12.0. The number of benzene rings is 1. The molecule has 2 aromatic rings. The third kappa shape index (κ3) is 3.49. The fourth-order valence-corrected chi connectivity index (χ4v) is 3.36. The van der Waals surface area contributed by atoms with Gasteiger partial charge in [0.25, 0.3) is 0 Å². The van der Waals surface area contributed by atoms with Crippen LogP contribution in [0.15, 0.2) is 41.4 Å². The Labute approximate surface area is 124 Å². The lowest BCUT2D eigenvalue weighted by atomic mass is 10.2. The molecule has 1 N–H and O–H groups in total. The maximum atomic E-state index is 12.4. The van der Waals surface area contributed by atoms with Crippen LogP contribution < -0.4 is 0 Å². The van der Waals surface area contributed by atoms with Crippen LogP contribution in [0.5, 0.6) is 0 Å². The highest BCUT2D eigenvalue weighted by molar-refractivity contribution is 7.89. The van der Waals surface area contributed by atoms with E-state index in [1.165, 1.54) is 13.2 Å². The Kier molecular flexibility index (Phi) is 4.76. The van der Waals surface area contributed by atoms with Crippen LogP contribution in [0.4, 0.5) is 0 Å². The number of aryl methyl sites for hydroxylation is 1. The lowest BCUT2D eigenvalue weighted by Gasteiger charge is -2.14. The van der Waals surface area contributed by atoms with E-state index < -0.39 is 10.0 Å². The first kappa shape index (κ1) is 15.7. The highest BCUT2D eigenvalue weighted by Gasteiger charge is 2.24. The van der Waals surface area contributed by atoms with Crippen LogP contribution >= 0.6 is 0 Å². The molecular formula is C14H19N3O3S. The molecule has 0 saturated carbocycles. The zero-order valence-electron chi connectivity index (χ0n) is 12.1. The van der Waals surface area contributed by atoms with Gasteiger partial charge in [0.2, 0.25) is 10.0 Å². The van der Waals surface area contributed by atoms with Crippen LogP contribution in [-0.2, 0) is 16.6 Å². The third-order valence-corrected chi connectivity index (χ3v) is 5.15. The van der Waals surface area contributed by atoms with Crippen molar-refractivity contribution in [3.63, 3.8) is 0 Å². The molecule has 6 nitrogen and oxygen atoms in total. The van der Waals surface area contributed by atoms with Crippen molar-refractivity contribution in [1.29, 1.82) is 0 Å². The van der Waals surface area contributed by atoms with Crippen LogP contribution in [0.25, 0.3) is 0 Å². The van der Waals surface area contributed by atoms with Gasteiger partial charge >= 0.3 is 0 Å². The van der Waals surface area contributed by atoms with E-state index in [1.54, 1.807) is 11.6 Å². The van der Waals surface area contributed by atoms with E-state index in [-0.39, 0.29) is 18.0 Å². The first-order valence-corrected chi connectivity index (χ1v) is 8.04. The number of hydrogen-bond acceptors (Lipinski definition) is 4. The molecule has 114 valence electrons. The molecule has 0 saturated heterocycles. The number of likely N-dealkylation sites (N-methyl/N-ethyl adjacent to an activating group) is 1. The molecule has 0 atom stereocenters. The number of hydrogen-bond donors (Lipinski definition) is 1. The fourth-order valence-electron chi connectivity index (χ4n) is 2.03. The zero-order valence-corrected chi connectivity index (χ0v) is 12.9. The highest BCUT2D eigenvalue weighted by Crippen LogP contribution is 2.18. The van der Waals surface area contributed by atoms with Gasteiger partial charge in [0, 0.05) is 19.8 Å². The standard InChI is InChI=1S/C14H19N3O3S/c1-12-14(21(19,20)16(2)8-9-18)11-17(15-12)10-13-6-4-3-5-7-13/h3-7,11,18H,8-10H2,1-2H3. The van der Waals surface area contributed by atoms with Crippen molar-refractivity contribution in [2.45, 2.75) is 18.4 Å². The van der Waals surface area contributed by atoms with Crippen molar-refractivity contribution in [3.8, 4) is 0 Å². The van der Waals surface area contributed by atoms with Crippen LogP contribution in [0, 0.1) is 6.92 Å². The molecule has 0 spiro atoms. The summed E-state index contributed by atoms with van der Waals surface area (Å²) in [6.07, 6.45) is 1.53. The Morgan fingerprint density at radius 2 is 1.95 bits per heavy atom. The van der Waals surface area contributed by atoms with Gasteiger partial charge in [0.05, 0.1) is 18.8 Å². The molecule has 21 heavy (non-hydrogen) atoms. The maximum Gasteiger partial charge on any atom is 0.246 e. The second-order valence-corrected chi connectivity index (χ2v) is 6.83. The summed E-state index contributed by atoms with van der Waals surface area (Å²) in [4.78, 5) is 0.175. The molecule has 0 aliphatic carbocycles. The summed E-state index contributed by atoms with van der Waals surface area (Å²) < 4.78 is 27.5. The SMILES string of the molecule is Cc1nn(Cc2ccccc2)cc1S(=O)(=O)N(C)CCO. The highest BCUT2D eigenvalue weighted by atomic mass is 32.2. The average molecular weight is 309 g/mol. The van der Waals surface area contributed by atoms with Crippen LogP contribution in [0.3, 0.4) is 0 Å². The Bertz CT molecular complexity index is 696. The molecule has 0 aliphatic heterocycles. The Balaban J connectivity index is 2.27. The van der Waals surface area contributed by atoms with Crippen molar-refractivity contribution in [2.24, 2.45) is 0 Å². The summed E-state index contributed by atoms with van der Waals surface area (Å²) in [5, 5.41) is 13.2. The predicted molar refractivity (Wildman–Crippen MR) is 79.4 cm³/mol. The van der Waals surface area contributed by atoms with Gasteiger partial charge in [-0.05, 0) is 12.5 Å². The van der Waals surface area contributed by atoms with Crippen molar-refractivity contribution in [2.75, 3.05) is 20.2 Å².